The van der Waals surface area contributed by atoms with Crippen LogP contribution in [0.4, 0.5) is 0 Å². The molecule has 1 aromatic carbocycles. The Morgan fingerprint density at radius 3 is 1.82 bits per heavy atom. The third-order valence-electron chi connectivity index (χ3n) is 4.01. The number of carbonyl (C=O) groups is 1. The molecule has 2 nitrogen and oxygen atoms in total. The number of ether oxygens (including phenoxy) is 1. The molecule has 2 heteroatoms. The standard InChI is InChI=1S/C20H32O2/c1-9-22-18(21)11-10-15-12-16(19(3,4)5)14(2)17(13-15)20(6,7)8/h12-13H,9-11H2,1-8H3. The van der Waals surface area contributed by atoms with Crippen molar-refractivity contribution in [1.82, 2.24) is 0 Å². The van der Waals surface area contributed by atoms with E-state index in [1.807, 2.05) is 6.92 Å². The third-order valence-corrected chi connectivity index (χ3v) is 4.01. The molecule has 0 fully saturated rings. The van der Waals surface area contributed by atoms with Crippen LogP contribution >= 0.6 is 0 Å². The average Bonchev–Trinajstić information content (AvgIpc) is 2.35. The summed E-state index contributed by atoms with van der Waals surface area (Å²) in [5.74, 6) is -0.113. The first-order valence-corrected chi connectivity index (χ1v) is 8.27. The molecule has 22 heavy (non-hydrogen) atoms. The molecule has 0 saturated heterocycles. The second kappa shape index (κ2) is 6.85. The van der Waals surface area contributed by atoms with Crippen LogP contribution in [0.5, 0.6) is 0 Å². The predicted molar refractivity (Wildman–Crippen MR) is 93.5 cm³/mol. The van der Waals surface area contributed by atoms with Gasteiger partial charge in [0, 0.05) is 6.42 Å². The number of esters is 1. The number of hydrogen-bond donors (Lipinski definition) is 0. The number of benzene rings is 1. The van der Waals surface area contributed by atoms with E-state index >= 15 is 0 Å². The third kappa shape index (κ3) is 4.86. The van der Waals surface area contributed by atoms with Gasteiger partial charge in [-0.15, -0.1) is 0 Å². The van der Waals surface area contributed by atoms with Gasteiger partial charge in [0.1, 0.15) is 0 Å². The van der Waals surface area contributed by atoms with Crippen LogP contribution in [0.25, 0.3) is 0 Å². The molecule has 124 valence electrons. The van der Waals surface area contributed by atoms with Crippen LogP contribution < -0.4 is 0 Å². The molecule has 0 aliphatic heterocycles. The van der Waals surface area contributed by atoms with Gasteiger partial charge in [-0.05, 0) is 53.4 Å². The van der Waals surface area contributed by atoms with Crippen LogP contribution in [0.1, 0.15) is 77.1 Å². The van der Waals surface area contributed by atoms with Crippen molar-refractivity contribution >= 4 is 5.97 Å². The fraction of sp³-hybridized carbons (Fsp3) is 0.650. The number of hydrogen-bond acceptors (Lipinski definition) is 2. The molecule has 0 unspecified atom stereocenters. The van der Waals surface area contributed by atoms with Crippen molar-refractivity contribution in [3.8, 4) is 0 Å². The molecular formula is C20H32O2. The quantitative estimate of drug-likeness (QED) is 0.725. The van der Waals surface area contributed by atoms with Crippen molar-refractivity contribution in [3.05, 3.63) is 34.4 Å². The maximum Gasteiger partial charge on any atom is 0.306 e. The lowest BCUT2D eigenvalue weighted by molar-refractivity contribution is -0.143. The highest BCUT2D eigenvalue weighted by Gasteiger charge is 2.24. The molecular weight excluding hydrogens is 272 g/mol. The van der Waals surface area contributed by atoms with Crippen LogP contribution in [-0.2, 0) is 26.8 Å². The minimum Gasteiger partial charge on any atom is -0.466 e. The lowest BCUT2D eigenvalue weighted by Gasteiger charge is -2.30. The first-order valence-electron chi connectivity index (χ1n) is 8.27. The molecule has 0 atom stereocenters. The number of carbonyl (C=O) groups excluding carboxylic acids is 1. The Balaban J connectivity index is 3.21. The van der Waals surface area contributed by atoms with Crippen LogP contribution in [-0.4, -0.2) is 12.6 Å². The fourth-order valence-corrected chi connectivity index (χ4v) is 2.96. The van der Waals surface area contributed by atoms with Crippen molar-refractivity contribution in [2.24, 2.45) is 0 Å². The van der Waals surface area contributed by atoms with Gasteiger partial charge < -0.3 is 4.74 Å². The Labute approximate surface area is 136 Å². The monoisotopic (exact) mass is 304 g/mol. The van der Waals surface area contributed by atoms with E-state index in [2.05, 4.69) is 60.6 Å². The molecule has 1 aromatic rings. The summed E-state index contributed by atoms with van der Waals surface area (Å²) in [6.07, 6.45) is 1.19. The molecule has 0 spiro atoms. The highest BCUT2D eigenvalue weighted by molar-refractivity contribution is 5.69. The summed E-state index contributed by atoms with van der Waals surface area (Å²) in [5.41, 5.74) is 5.56. The van der Waals surface area contributed by atoms with Gasteiger partial charge in [0.25, 0.3) is 0 Å². The van der Waals surface area contributed by atoms with Gasteiger partial charge >= 0.3 is 5.97 Å². The van der Waals surface area contributed by atoms with Gasteiger partial charge in [-0.25, -0.2) is 0 Å². The van der Waals surface area contributed by atoms with Crippen LogP contribution in [0.3, 0.4) is 0 Å². The molecule has 0 bridgehead atoms. The van der Waals surface area contributed by atoms with Gasteiger partial charge in [0.15, 0.2) is 0 Å². The zero-order chi connectivity index (χ0) is 17.1. The first kappa shape index (κ1) is 18.7. The highest BCUT2D eigenvalue weighted by atomic mass is 16.5. The lowest BCUT2D eigenvalue weighted by atomic mass is 9.75. The number of aryl methyl sites for hydroxylation is 1. The van der Waals surface area contributed by atoms with Crippen LogP contribution in [0, 0.1) is 6.92 Å². The molecule has 0 N–H and O–H groups in total. The Morgan fingerprint density at radius 2 is 1.45 bits per heavy atom. The summed E-state index contributed by atoms with van der Waals surface area (Å²) in [5, 5.41) is 0. The van der Waals surface area contributed by atoms with E-state index in [1.165, 1.54) is 22.3 Å². The average molecular weight is 304 g/mol. The summed E-state index contributed by atoms with van der Waals surface area (Å²) in [6.45, 7) is 18.0. The summed E-state index contributed by atoms with van der Waals surface area (Å²) < 4.78 is 5.04. The summed E-state index contributed by atoms with van der Waals surface area (Å²) >= 11 is 0. The maximum atomic E-state index is 11.6. The molecule has 0 heterocycles. The SMILES string of the molecule is CCOC(=O)CCc1cc(C(C)(C)C)c(C)c(C(C)(C)C)c1. The van der Waals surface area contributed by atoms with Gasteiger partial charge in [-0.2, -0.15) is 0 Å². The van der Waals surface area contributed by atoms with Gasteiger partial charge in [-0.1, -0.05) is 53.7 Å². The normalized spacial score (nSPS) is 12.4. The lowest BCUT2D eigenvalue weighted by Crippen LogP contribution is -2.20. The summed E-state index contributed by atoms with van der Waals surface area (Å²) in [7, 11) is 0. The molecule has 0 aliphatic carbocycles. The van der Waals surface area contributed by atoms with Crippen molar-refractivity contribution < 1.29 is 9.53 Å². The smallest absolute Gasteiger partial charge is 0.306 e. The van der Waals surface area contributed by atoms with E-state index in [9.17, 15) is 4.79 Å². The van der Waals surface area contributed by atoms with Gasteiger partial charge in [0.2, 0.25) is 0 Å². The summed E-state index contributed by atoms with van der Waals surface area (Å²) in [6, 6.07) is 4.54. The first-order chi connectivity index (χ1) is 9.96. The van der Waals surface area contributed by atoms with E-state index < -0.39 is 0 Å². The van der Waals surface area contributed by atoms with Gasteiger partial charge in [0.05, 0.1) is 6.61 Å². The zero-order valence-corrected chi connectivity index (χ0v) is 15.6. The molecule has 0 aliphatic rings. The van der Waals surface area contributed by atoms with Crippen molar-refractivity contribution in [2.75, 3.05) is 6.61 Å². The Bertz CT molecular complexity index is 493. The molecule has 0 aromatic heterocycles. The minimum absolute atomic E-state index is 0.101. The minimum atomic E-state index is -0.113. The van der Waals surface area contributed by atoms with Gasteiger partial charge in [-0.3, -0.25) is 4.79 Å². The largest absolute Gasteiger partial charge is 0.466 e. The van der Waals surface area contributed by atoms with E-state index in [-0.39, 0.29) is 16.8 Å². The second-order valence-electron chi connectivity index (χ2n) is 8.12. The molecule has 1 rings (SSSR count). The second-order valence-corrected chi connectivity index (χ2v) is 8.12. The Morgan fingerprint density at radius 1 is 1.00 bits per heavy atom. The van der Waals surface area contributed by atoms with E-state index in [0.29, 0.717) is 13.0 Å². The topological polar surface area (TPSA) is 26.3 Å². The zero-order valence-electron chi connectivity index (χ0n) is 15.6. The molecule has 0 saturated carbocycles. The Kier molecular flexibility index (Phi) is 5.83. The van der Waals surface area contributed by atoms with E-state index in [4.69, 9.17) is 4.74 Å². The molecule has 0 radical (unpaired) electrons. The van der Waals surface area contributed by atoms with Crippen molar-refractivity contribution in [2.45, 2.75) is 79.1 Å². The van der Waals surface area contributed by atoms with Crippen LogP contribution in [0.2, 0.25) is 0 Å². The number of rotatable bonds is 4. The fourth-order valence-electron chi connectivity index (χ4n) is 2.96. The van der Waals surface area contributed by atoms with Crippen LogP contribution in [0.15, 0.2) is 12.1 Å². The predicted octanol–water partition coefficient (Wildman–Crippen LogP) is 5.09. The maximum absolute atomic E-state index is 11.6. The van der Waals surface area contributed by atoms with Crippen molar-refractivity contribution in [1.29, 1.82) is 0 Å². The van der Waals surface area contributed by atoms with E-state index in [1.54, 1.807) is 0 Å². The summed E-state index contributed by atoms with van der Waals surface area (Å²) in [4.78, 5) is 11.6. The molecule has 0 amide bonds. The highest BCUT2D eigenvalue weighted by Crippen LogP contribution is 2.34. The van der Waals surface area contributed by atoms with Crippen molar-refractivity contribution in [3.63, 3.8) is 0 Å². The van der Waals surface area contributed by atoms with E-state index in [0.717, 1.165) is 6.42 Å². The Hall–Kier alpha value is -1.31.